The van der Waals surface area contributed by atoms with Crippen molar-refractivity contribution in [2.75, 3.05) is 6.61 Å². The second kappa shape index (κ2) is 6.81. The Morgan fingerprint density at radius 2 is 2.00 bits per heavy atom. The van der Waals surface area contributed by atoms with Crippen molar-refractivity contribution >= 4 is 28.6 Å². The summed E-state index contributed by atoms with van der Waals surface area (Å²) < 4.78 is 3.79. The van der Waals surface area contributed by atoms with Gasteiger partial charge in [0.2, 0.25) is 3.79 Å². The largest absolute Gasteiger partial charge is 0.481 e. The molecule has 0 aromatic heterocycles. The fourth-order valence-corrected chi connectivity index (χ4v) is 0.575. The minimum absolute atomic E-state index is 0.552. The predicted octanol–water partition coefficient (Wildman–Crippen LogP) is 1.21. The second-order valence-corrected chi connectivity index (χ2v) is 3.82. The molecule has 0 aliphatic carbocycles. The molecule has 1 unspecified atom stereocenters. The van der Waals surface area contributed by atoms with Crippen LogP contribution in [0.1, 0.15) is 20.8 Å². The van der Waals surface area contributed by atoms with Gasteiger partial charge in [0.05, 0.1) is 0 Å². The average Bonchev–Trinajstić information content (AvgIpc) is 1.58. The molecule has 0 saturated carbocycles. The van der Waals surface area contributed by atoms with Gasteiger partial charge in [0.1, 0.15) is 0 Å². The molecule has 0 radical (unpaired) electrons. The van der Waals surface area contributed by atoms with E-state index in [1.165, 1.54) is 0 Å². The van der Waals surface area contributed by atoms with E-state index in [0.717, 1.165) is 6.92 Å². The average molecular weight is 276 g/mol. The van der Waals surface area contributed by atoms with E-state index in [0.29, 0.717) is 6.61 Å². The summed E-state index contributed by atoms with van der Waals surface area (Å²) in [6.45, 7) is 5.07. The third kappa shape index (κ3) is 39.3. The van der Waals surface area contributed by atoms with Gasteiger partial charge in [-0.1, -0.05) is 0 Å². The minimum atomic E-state index is -0.980. The highest BCUT2D eigenvalue weighted by Crippen LogP contribution is 2.13. The molecular formula is C6H13IO4. The van der Waals surface area contributed by atoms with E-state index >= 15 is 0 Å². The quantitative estimate of drug-likeness (QED) is 0.452. The van der Waals surface area contributed by atoms with Crippen molar-refractivity contribution < 1.29 is 19.7 Å². The first kappa shape index (κ1) is 13.7. The summed E-state index contributed by atoms with van der Waals surface area (Å²) in [6.07, 6.45) is 0. The van der Waals surface area contributed by atoms with E-state index in [9.17, 15) is 0 Å². The van der Waals surface area contributed by atoms with Crippen molar-refractivity contribution in [3.05, 3.63) is 0 Å². The number of hydrogen-bond donors (Lipinski definition) is 2. The molecule has 1 atom stereocenters. The van der Waals surface area contributed by atoms with Crippen LogP contribution in [0.4, 0.5) is 0 Å². The highest BCUT2D eigenvalue weighted by atomic mass is 127. The Hall–Kier alpha value is 0.120. The van der Waals surface area contributed by atoms with Crippen LogP contribution in [0.15, 0.2) is 0 Å². The number of hydrogen-bond acceptors (Lipinski definition) is 3. The SMILES string of the molecule is CC(=O)O.CCOC(C)(O)I. The van der Waals surface area contributed by atoms with Crippen LogP contribution in [0.2, 0.25) is 0 Å². The topological polar surface area (TPSA) is 66.8 Å². The number of carboxylic acid groups (broad SMARTS) is 1. The molecule has 0 heterocycles. The van der Waals surface area contributed by atoms with Crippen LogP contribution in [0.25, 0.3) is 0 Å². The first-order valence-electron chi connectivity index (χ1n) is 3.04. The van der Waals surface area contributed by atoms with Crippen LogP contribution in [0.5, 0.6) is 0 Å². The Kier molecular flexibility index (Phi) is 8.47. The van der Waals surface area contributed by atoms with Gasteiger partial charge in [-0.05, 0) is 36.4 Å². The molecule has 0 aromatic carbocycles. The zero-order valence-electron chi connectivity index (χ0n) is 6.80. The standard InChI is InChI=1S/C4H9IO2.C2H4O2/c1-3-7-4(2,5)6;1-2(3)4/h6H,3H2,1-2H3;1H3,(H,3,4). The number of aliphatic carboxylic acids is 1. The summed E-state index contributed by atoms with van der Waals surface area (Å²) in [5.41, 5.74) is 0. The van der Waals surface area contributed by atoms with Crippen molar-refractivity contribution in [2.24, 2.45) is 0 Å². The lowest BCUT2D eigenvalue weighted by Crippen LogP contribution is -2.18. The van der Waals surface area contributed by atoms with Crippen molar-refractivity contribution in [1.82, 2.24) is 0 Å². The van der Waals surface area contributed by atoms with Crippen LogP contribution in [-0.2, 0) is 9.53 Å². The van der Waals surface area contributed by atoms with Gasteiger partial charge in [0, 0.05) is 13.5 Å². The first-order valence-corrected chi connectivity index (χ1v) is 4.12. The zero-order chi connectivity index (χ0) is 9.49. The van der Waals surface area contributed by atoms with E-state index < -0.39 is 9.76 Å². The maximum atomic E-state index is 9.00. The molecule has 0 fully saturated rings. The van der Waals surface area contributed by atoms with Gasteiger partial charge in [-0.15, -0.1) is 0 Å². The van der Waals surface area contributed by atoms with Crippen LogP contribution in [-0.4, -0.2) is 26.6 Å². The van der Waals surface area contributed by atoms with Gasteiger partial charge in [0.15, 0.2) is 0 Å². The lowest BCUT2D eigenvalue weighted by Gasteiger charge is -2.13. The first-order chi connectivity index (χ1) is 4.79. The Morgan fingerprint density at radius 3 is 2.00 bits per heavy atom. The maximum Gasteiger partial charge on any atom is 0.300 e. The zero-order valence-corrected chi connectivity index (χ0v) is 8.95. The molecular weight excluding hydrogens is 263 g/mol. The Labute approximate surface area is 79.7 Å². The normalized spacial score (nSPS) is 14.3. The molecule has 0 rings (SSSR count). The molecule has 0 aliphatic rings. The summed E-state index contributed by atoms with van der Waals surface area (Å²) in [6, 6.07) is 0. The van der Waals surface area contributed by atoms with Crippen LogP contribution < -0.4 is 0 Å². The molecule has 0 bridgehead atoms. The molecule has 11 heavy (non-hydrogen) atoms. The molecule has 0 spiro atoms. The Bertz CT molecular complexity index is 104. The summed E-state index contributed by atoms with van der Waals surface area (Å²) in [7, 11) is 0. The summed E-state index contributed by atoms with van der Waals surface area (Å²) in [4.78, 5) is 9.00. The number of carbonyl (C=O) groups is 1. The number of alkyl halides is 1. The van der Waals surface area contributed by atoms with Crippen LogP contribution in [0.3, 0.4) is 0 Å². The van der Waals surface area contributed by atoms with Gasteiger partial charge in [-0.25, -0.2) is 0 Å². The van der Waals surface area contributed by atoms with Gasteiger partial charge in [-0.3, -0.25) is 4.79 Å². The summed E-state index contributed by atoms with van der Waals surface area (Å²) >= 11 is 1.81. The Morgan fingerprint density at radius 1 is 1.73 bits per heavy atom. The highest BCUT2D eigenvalue weighted by molar-refractivity contribution is 14.1. The van der Waals surface area contributed by atoms with Gasteiger partial charge >= 0.3 is 0 Å². The number of halogens is 1. The molecule has 4 nitrogen and oxygen atoms in total. The lowest BCUT2D eigenvalue weighted by molar-refractivity contribution is -0.134. The smallest absolute Gasteiger partial charge is 0.300 e. The van der Waals surface area contributed by atoms with E-state index in [1.54, 1.807) is 6.92 Å². The number of ether oxygens (including phenoxy) is 1. The monoisotopic (exact) mass is 276 g/mol. The summed E-state index contributed by atoms with van der Waals surface area (Å²) in [5.74, 6) is -0.833. The molecule has 0 aliphatic heterocycles. The predicted molar refractivity (Wildman–Crippen MR) is 49.6 cm³/mol. The number of rotatable bonds is 2. The summed E-state index contributed by atoms with van der Waals surface area (Å²) in [5, 5.41) is 16.2. The third-order valence-electron chi connectivity index (χ3n) is 0.408. The number of carboxylic acids is 1. The van der Waals surface area contributed by atoms with E-state index in [-0.39, 0.29) is 0 Å². The van der Waals surface area contributed by atoms with E-state index in [1.807, 2.05) is 29.5 Å². The Balaban J connectivity index is 0. The maximum absolute atomic E-state index is 9.00. The third-order valence-corrected chi connectivity index (χ3v) is 0.719. The van der Waals surface area contributed by atoms with Gasteiger partial charge in [0.25, 0.3) is 5.97 Å². The van der Waals surface area contributed by atoms with E-state index in [4.69, 9.17) is 19.7 Å². The van der Waals surface area contributed by atoms with E-state index in [2.05, 4.69) is 0 Å². The van der Waals surface area contributed by atoms with Crippen molar-refractivity contribution in [1.29, 1.82) is 0 Å². The van der Waals surface area contributed by atoms with Crippen LogP contribution in [0, 0.1) is 0 Å². The lowest BCUT2D eigenvalue weighted by atomic mass is 10.7. The minimum Gasteiger partial charge on any atom is -0.481 e. The van der Waals surface area contributed by atoms with Crippen LogP contribution >= 0.6 is 22.6 Å². The molecule has 68 valence electrons. The second-order valence-electron chi connectivity index (χ2n) is 1.82. The van der Waals surface area contributed by atoms with Gasteiger partial charge in [-0.2, -0.15) is 0 Å². The molecule has 0 aromatic rings. The molecule has 5 heteroatoms. The number of aliphatic hydroxyl groups is 1. The fourth-order valence-electron chi connectivity index (χ4n) is 0.263. The molecule has 0 amide bonds. The van der Waals surface area contributed by atoms with Gasteiger partial charge < -0.3 is 14.9 Å². The fraction of sp³-hybridized carbons (Fsp3) is 0.833. The molecule has 0 saturated heterocycles. The van der Waals surface area contributed by atoms with Crippen molar-refractivity contribution in [3.8, 4) is 0 Å². The highest BCUT2D eigenvalue weighted by Gasteiger charge is 2.11. The van der Waals surface area contributed by atoms with Crippen molar-refractivity contribution in [3.63, 3.8) is 0 Å². The molecule has 2 N–H and O–H groups in total. The van der Waals surface area contributed by atoms with Crippen molar-refractivity contribution in [2.45, 2.75) is 24.6 Å².